The van der Waals surface area contributed by atoms with E-state index in [-0.39, 0.29) is 0 Å². The number of anilines is 1. The van der Waals surface area contributed by atoms with E-state index in [0.29, 0.717) is 10.6 Å². The van der Waals surface area contributed by atoms with Crippen LogP contribution < -0.4 is 4.72 Å². The van der Waals surface area contributed by atoms with E-state index in [4.69, 9.17) is 0 Å². The van der Waals surface area contributed by atoms with Crippen LogP contribution in [0.2, 0.25) is 0 Å². The Hall–Kier alpha value is -1.33. The topological polar surface area (TPSA) is 46.2 Å². The van der Waals surface area contributed by atoms with Gasteiger partial charge in [0.25, 0.3) is 10.0 Å². The lowest BCUT2D eigenvalue weighted by atomic mass is 10.0. The third kappa shape index (κ3) is 1.66. The Kier molecular flexibility index (Phi) is 2.27. The van der Waals surface area contributed by atoms with Crippen LogP contribution in [0.15, 0.2) is 51.8 Å². The summed E-state index contributed by atoms with van der Waals surface area (Å²) in [5, 5.41) is 0. The normalized spacial score (nSPS) is 15.6. The molecule has 0 bridgehead atoms. The summed E-state index contributed by atoms with van der Waals surface area (Å²) in [7, 11) is -3.44. The molecular weight excluding hydrogens is 302 g/mol. The van der Waals surface area contributed by atoms with Crippen molar-refractivity contribution in [1.29, 1.82) is 0 Å². The van der Waals surface area contributed by atoms with E-state index in [1.807, 2.05) is 24.3 Å². The van der Waals surface area contributed by atoms with Gasteiger partial charge in [-0.15, -0.1) is 0 Å². The molecule has 1 aliphatic rings. The largest absolute Gasteiger partial charge is 0.279 e. The smallest absolute Gasteiger partial charge is 0.262 e. The third-order valence-electron chi connectivity index (χ3n) is 2.69. The van der Waals surface area contributed by atoms with Crippen LogP contribution in [0.1, 0.15) is 0 Å². The first-order valence-electron chi connectivity index (χ1n) is 5.00. The van der Waals surface area contributed by atoms with Crippen molar-refractivity contribution in [2.24, 2.45) is 0 Å². The van der Waals surface area contributed by atoms with Gasteiger partial charge in [-0.05, 0) is 18.2 Å². The zero-order chi connectivity index (χ0) is 12.0. The predicted molar refractivity (Wildman–Crippen MR) is 70.4 cm³/mol. The zero-order valence-electron chi connectivity index (χ0n) is 8.64. The highest BCUT2D eigenvalue weighted by molar-refractivity contribution is 9.10. The van der Waals surface area contributed by atoms with Gasteiger partial charge in [0, 0.05) is 15.6 Å². The lowest BCUT2D eigenvalue weighted by molar-refractivity contribution is 0.601. The number of benzene rings is 2. The minimum atomic E-state index is -3.44. The number of hydrogen-bond donors (Lipinski definition) is 1. The van der Waals surface area contributed by atoms with Crippen molar-refractivity contribution in [3.8, 4) is 11.1 Å². The number of halogens is 1. The van der Waals surface area contributed by atoms with Gasteiger partial charge in [0.05, 0.1) is 10.6 Å². The SMILES string of the molecule is O=S1(=O)Nc2cc(Br)ccc2-c2ccccc21. The van der Waals surface area contributed by atoms with E-state index in [2.05, 4.69) is 20.7 Å². The molecule has 0 radical (unpaired) electrons. The molecule has 0 atom stereocenters. The summed E-state index contributed by atoms with van der Waals surface area (Å²) in [5.74, 6) is 0. The molecular formula is C12H8BrNO2S. The van der Waals surface area contributed by atoms with Crippen molar-refractivity contribution in [3.05, 3.63) is 46.9 Å². The average Bonchev–Trinajstić information content (AvgIpc) is 2.28. The van der Waals surface area contributed by atoms with E-state index in [9.17, 15) is 8.42 Å². The second-order valence-electron chi connectivity index (χ2n) is 3.79. The Bertz CT molecular complexity index is 710. The van der Waals surface area contributed by atoms with Gasteiger partial charge in [0.1, 0.15) is 0 Å². The van der Waals surface area contributed by atoms with Crippen LogP contribution in [-0.2, 0) is 10.0 Å². The van der Waals surface area contributed by atoms with Gasteiger partial charge in [-0.1, -0.05) is 40.2 Å². The predicted octanol–water partition coefficient (Wildman–Crippen LogP) is 3.23. The van der Waals surface area contributed by atoms with Gasteiger partial charge in [0.15, 0.2) is 0 Å². The lowest BCUT2D eigenvalue weighted by Crippen LogP contribution is -2.18. The van der Waals surface area contributed by atoms with Crippen LogP contribution in [0.5, 0.6) is 0 Å². The number of nitrogens with one attached hydrogen (secondary N) is 1. The van der Waals surface area contributed by atoms with E-state index in [1.165, 1.54) is 0 Å². The first-order chi connectivity index (χ1) is 8.08. The Morgan fingerprint density at radius 2 is 1.76 bits per heavy atom. The van der Waals surface area contributed by atoms with Crippen LogP contribution in [0.3, 0.4) is 0 Å². The molecule has 17 heavy (non-hydrogen) atoms. The van der Waals surface area contributed by atoms with Crippen molar-refractivity contribution < 1.29 is 8.42 Å². The van der Waals surface area contributed by atoms with Crippen LogP contribution in [-0.4, -0.2) is 8.42 Å². The Balaban J connectivity index is 2.39. The van der Waals surface area contributed by atoms with E-state index in [1.54, 1.807) is 18.2 Å². The maximum absolute atomic E-state index is 12.0. The summed E-state index contributed by atoms with van der Waals surface area (Å²) in [6.45, 7) is 0. The zero-order valence-corrected chi connectivity index (χ0v) is 11.0. The standard InChI is InChI=1S/C12H8BrNO2S/c13-8-5-6-9-10-3-1-2-4-12(10)17(15,16)14-11(9)7-8/h1-7,14H. The van der Waals surface area contributed by atoms with Gasteiger partial charge in [-0.3, -0.25) is 4.72 Å². The number of hydrogen-bond acceptors (Lipinski definition) is 2. The molecule has 1 heterocycles. The molecule has 2 aromatic carbocycles. The van der Waals surface area contributed by atoms with Crippen molar-refractivity contribution in [2.75, 3.05) is 4.72 Å². The molecule has 0 unspecified atom stereocenters. The quantitative estimate of drug-likeness (QED) is 0.812. The second-order valence-corrected chi connectivity index (χ2v) is 6.36. The van der Waals surface area contributed by atoms with Gasteiger partial charge >= 0.3 is 0 Å². The van der Waals surface area contributed by atoms with Crippen molar-refractivity contribution in [2.45, 2.75) is 4.90 Å². The van der Waals surface area contributed by atoms with Gasteiger partial charge < -0.3 is 0 Å². The first kappa shape index (κ1) is 10.8. The molecule has 0 spiro atoms. The van der Waals surface area contributed by atoms with Gasteiger partial charge in [-0.2, -0.15) is 0 Å². The summed E-state index contributed by atoms with van der Waals surface area (Å²) < 4.78 is 27.5. The van der Waals surface area contributed by atoms with Crippen LogP contribution in [0.25, 0.3) is 11.1 Å². The van der Waals surface area contributed by atoms with E-state index < -0.39 is 10.0 Å². The fraction of sp³-hybridized carbons (Fsp3) is 0. The minimum Gasteiger partial charge on any atom is -0.279 e. The molecule has 86 valence electrons. The summed E-state index contributed by atoms with van der Waals surface area (Å²) in [6, 6.07) is 12.6. The molecule has 2 aromatic rings. The molecule has 0 amide bonds. The Morgan fingerprint density at radius 3 is 2.59 bits per heavy atom. The third-order valence-corrected chi connectivity index (χ3v) is 4.61. The molecule has 3 nitrogen and oxygen atoms in total. The highest BCUT2D eigenvalue weighted by Gasteiger charge is 2.26. The summed E-state index contributed by atoms with van der Waals surface area (Å²) in [5.41, 5.74) is 2.26. The molecule has 3 rings (SSSR count). The summed E-state index contributed by atoms with van der Waals surface area (Å²) in [6.07, 6.45) is 0. The fourth-order valence-corrected chi connectivity index (χ4v) is 3.61. The van der Waals surface area contributed by atoms with Crippen LogP contribution in [0, 0.1) is 0 Å². The maximum atomic E-state index is 12.0. The van der Waals surface area contributed by atoms with E-state index >= 15 is 0 Å². The molecule has 1 N–H and O–H groups in total. The summed E-state index contributed by atoms with van der Waals surface area (Å²) >= 11 is 3.33. The number of sulfonamides is 1. The highest BCUT2D eigenvalue weighted by atomic mass is 79.9. The van der Waals surface area contributed by atoms with Crippen molar-refractivity contribution in [1.82, 2.24) is 0 Å². The van der Waals surface area contributed by atoms with Crippen LogP contribution >= 0.6 is 15.9 Å². The molecule has 0 saturated heterocycles. The van der Waals surface area contributed by atoms with Gasteiger partial charge in [-0.25, -0.2) is 8.42 Å². The second kappa shape index (κ2) is 3.58. The Morgan fingerprint density at radius 1 is 1.00 bits per heavy atom. The molecule has 5 heteroatoms. The monoisotopic (exact) mass is 309 g/mol. The minimum absolute atomic E-state index is 0.329. The fourth-order valence-electron chi connectivity index (χ4n) is 1.96. The first-order valence-corrected chi connectivity index (χ1v) is 7.27. The molecule has 1 aliphatic heterocycles. The Labute approximate surface area is 108 Å². The molecule has 0 fully saturated rings. The van der Waals surface area contributed by atoms with Crippen molar-refractivity contribution in [3.63, 3.8) is 0 Å². The average molecular weight is 310 g/mol. The lowest BCUT2D eigenvalue weighted by Gasteiger charge is -2.21. The number of fused-ring (bicyclic) bond motifs is 3. The van der Waals surface area contributed by atoms with Crippen molar-refractivity contribution >= 4 is 31.6 Å². The van der Waals surface area contributed by atoms with E-state index in [0.717, 1.165) is 15.6 Å². The summed E-state index contributed by atoms with van der Waals surface area (Å²) in [4.78, 5) is 0.329. The molecule has 0 saturated carbocycles. The number of rotatable bonds is 0. The molecule has 0 aliphatic carbocycles. The molecule has 0 aromatic heterocycles. The highest BCUT2D eigenvalue weighted by Crippen LogP contribution is 2.39. The van der Waals surface area contributed by atoms with Crippen LogP contribution in [0.4, 0.5) is 5.69 Å². The van der Waals surface area contributed by atoms with Gasteiger partial charge in [0.2, 0.25) is 0 Å². The maximum Gasteiger partial charge on any atom is 0.262 e.